The predicted octanol–water partition coefficient (Wildman–Crippen LogP) is 1.61. The number of nitrogens with one attached hydrogen (secondary N) is 1. The fourth-order valence-corrected chi connectivity index (χ4v) is 1.87. The zero-order valence-corrected chi connectivity index (χ0v) is 8.20. The van der Waals surface area contributed by atoms with Gasteiger partial charge >= 0.3 is 0 Å². The molecule has 0 aliphatic carbocycles. The predicted molar refractivity (Wildman–Crippen MR) is 54.4 cm³/mol. The number of hydrogen-bond donors (Lipinski definition) is 1. The van der Waals surface area contributed by atoms with Crippen LogP contribution in [0.2, 0.25) is 0 Å². The summed E-state index contributed by atoms with van der Waals surface area (Å²) in [6.45, 7) is 3.25. The number of nitrogens with zero attached hydrogens (tertiary/aromatic N) is 1. The van der Waals surface area contributed by atoms with Crippen LogP contribution < -0.4 is 5.32 Å². The lowest BCUT2D eigenvalue weighted by molar-refractivity contribution is 0.317. The van der Waals surface area contributed by atoms with Crippen LogP contribution in [-0.2, 0) is 0 Å². The molecule has 1 aromatic rings. The Morgan fingerprint density at radius 3 is 2.54 bits per heavy atom. The van der Waals surface area contributed by atoms with E-state index in [1.165, 1.54) is 5.56 Å². The first-order valence-corrected chi connectivity index (χ1v) is 4.77. The fourth-order valence-electron chi connectivity index (χ4n) is 1.87. The quantitative estimate of drug-likeness (QED) is 0.699. The van der Waals surface area contributed by atoms with Gasteiger partial charge in [-0.05, 0) is 19.5 Å². The maximum absolute atomic E-state index is 3.50. The molecule has 1 N–H and O–H groups in total. The van der Waals surface area contributed by atoms with Crippen molar-refractivity contribution in [3.63, 3.8) is 0 Å². The van der Waals surface area contributed by atoms with Crippen molar-refractivity contribution < 1.29 is 0 Å². The molecule has 2 heteroatoms. The van der Waals surface area contributed by atoms with Gasteiger partial charge in [0, 0.05) is 18.8 Å². The van der Waals surface area contributed by atoms with Crippen molar-refractivity contribution >= 4 is 0 Å². The molecule has 0 aromatic heterocycles. The van der Waals surface area contributed by atoms with Crippen molar-refractivity contribution in [2.75, 3.05) is 13.7 Å². The number of hydrogen-bond acceptors (Lipinski definition) is 2. The maximum Gasteiger partial charge on any atom is 0.0486 e. The Morgan fingerprint density at radius 1 is 1.31 bits per heavy atom. The SMILES string of the molecule is C[C@H]1[C@@H](c2ccccc2)NCN1C. The summed E-state index contributed by atoms with van der Waals surface area (Å²) in [7, 11) is 2.15. The van der Waals surface area contributed by atoms with E-state index in [9.17, 15) is 0 Å². The molecule has 13 heavy (non-hydrogen) atoms. The second-order valence-corrected chi connectivity index (χ2v) is 3.75. The van der Waals surface area contributed by atoms with Gasteiger partial charge in [0.25, 0.3) is 0 Å². The largest absolute Gasteiger partial charge is 0.296 e. The summed E-state index contributed by atoms with van der Waals surface area (Å²) in [5, 5.41) is 3.50. The van der Waals surface area contributed by atoms with E-state index in [-0.39, 0.29) is 0 Å². The smallest absolute Gasteiger partial charge is 0.0486 e. The zero-order valence-electron chi connectivity index (χ0n) is 8.20. The van der Waals surface area contributed by atoms with Gasteiger partial charge in [-0.1, -0.05) is 30.3 Å². The second-order valence-electron chi connectivity index (χ2n) is 3.75. The van der Waals surface area contributed by atoms with Crippen molar-refractivity contribution in [3.8, 4) is 0 Å². The summed E-state index contributed by atoms with van der Waals surface area (Å²) >= 11 is 0. The van der Waals surface area contributed by atoms with E-state index < -0.39 is 0 Å². The highest BCUT2D eigenvalue weighted by atomic mass is 15.3. The van der Waals surface area contributed by atoms with E-state index in [4.69, 9.17) is 0 Å². The van der Waals surface area contributed by atoms with E-state index in [2.05, 4.69) is 54.5 Å². The van der Waals surface area contributed by atoms with Crippen LogP contribution in [0.5, 0.6) is 0 Å². The van der Waals surface area contributed by atoms with Gasteiger partial charge in [0.1, 0.15) is 0 Å². The monoisotopic (exact) mass is 176 g/mol. The minimum atomic E-state index is 0.492. The molecule has 1 heterocycles. The maximum atomic E-state index is 3.50. The molecular formula is C11H16N2. The van der Waals surface area contributed by atoms with Gasteiger partial charge in [0.2, 0.25) is 0 Å². The lowest BCUT2D eigenvalue weighted by Crippen LogP contribution is -2.24. The van der Waals surface area contributed by atoms with Crippen molar-refractivity contribution in [2.45, 2.75) is 19.0 Å². The molecule has 2 rings (SSSR count). The van der Waals surface area contributed by atoms with Crippen LogP contribution in [0.25, 0.3) is 0 Å². The Kier molecular flexibility index (Phi) is 2.34. The molecule has 1 aromatic carbocycles. The molecule has 0 saturated carbocycles. The van der Waals surface area contributed by atoms with Crippen molar-refractivity contribution in [3.05, 3.63) is 35.9 Å². The Balaban J connectivity index is 2.19. The Hall–Kier alpha value is -0.860. The third-order valence-corrected chi connectivity index (χ3v) is 2.90. The van der Waals surface area contributed by atoms with Gasteiger partial charge in [-0.15, -0.1) is 0 Å². The molecule has 0 spiro atoms. The second kappa shape index (κ2) is 3.48. The highest BCUT2D eigenvalue weighted by Gasteiger charge is 2.27. The molecule has 0 bridgehead atoms. The minimum Gasteiger partial charge on any atom is -0.296 e. The van der Waals surface area contributed by atoms with Crippen LogP contribution in [-0.4, -0.2) is 24.7 Å². The van der Waals surface area contributed by atoms with Gasteiger partial charge in [0.05, 0.1) is 0 Å². The number of rotatable bonds is 1. The third-order valence-electron chi connectivity index (χ3n) is 2.90. The van der Waals surface area contributed by atoms with Crippen molar-refractivity contribution in [1.29, 1.82) is 0 Å². The lowest BCUT2D eigenvalue weighted by atomic mass is 10.0. The van der Waals surface area contributed by atoms with Gasteiger partial charge in [-0.3, -0.25) is 10.2 Å². The minimum absolute atomic E-state index is 0.492. The van der Waals surface area contributed by atoms with Crippen LogP contribution >= 0.6 is 0 Å². The van der Waals surface area contributed by atoms with E-state index in [0.717, 1.165) is 6.67 Å². The molecule has 70 valence electrons. The third kappa shape index (κ3) is 1.60. The van der Waals surface area contributed by atoms with Crippen LogP contribution in [0.1, 0.15) is 18.5 Å². The first kappa shape index (κ1) is 8.73. The Morgan fingerprint density at radius 2 is 2.00 bits per heavy atom. The fraction of sp³-hybridized carbons (Fsp3) is 0.455. The molecule has 0 unspecified atom stereocenters. The van der Waals surface area contributed by atoms with E-state index in [1.807, 2.05) is 0 Å². The number of benzene rings is 1. The standard InChI is InChI=1S/C11H16N2/c1-9-11(12-8-13(9)2)10-6-4-3-5-7-10/h3-7,9,11-12H,8H2,1-2H3/t9-,11-/m0/s1. The summed E-state index contributed by atoms with van der Waals surface area (Å²) in [6, 6.07) is 11.7. The van der Waals surface area contributed by atoms with E-state index in [0.29, 0.717) is 12.1 Å². The van der Waals surface area contributed by atoms with Crippen LogP contribution in [0.15, 0.2) is 30.3 Å². The average Bonchev–Trinajstić information content (AvgIpc) is 2.49. The van der Waals surface area contributed by atoms with Crippen LogP contribution in [0.3, 0.4) is 0 Å². The molecule has 1 aliphatic heterocycles. The molecule has 1 fully saturated rings. The van der Waals surface area contributed by atoms with Gasteiger partial charge in [-0.2, -0.15) is 0 Å². The first-order chi connectivity index (χ1) is 6.29. The van der Waals surface area contributed by atoms with Crippen LogP contribution in [0.4, 0.5) is 0 Å². The van der Waals surface area contributed by atoms with Gasteiger partial charge in [0.15, 0.2) is 0 Å². The first-order valence-electron chi connectivity index (χ1n) is 4.77. The molecule has 0 amide bonds. The normalized spacial score (nSPS) is 29.4. The van der Waals surface area contributed by atoms with Gasteiger partial charge < -0.3 is 0 Å². The van der Waals surface area contributed by atoms with Crippen LogP contribution in [0, 0.1) is 0 Å². The molecule has 2 atom stereocenters. The van der Waals surface area contributed by atoms with Crippen molar-refractivity contribution in [1.82, 2.24) is 10.2 Å². The summed E-state index contributed by atoms with van der Waals surface area (Å²) in [6.07, 6.45) is 0. The molecule has 2 nitrogen and oxygen atoms in total. The molecule has 0 radical (unpaired) electrons. The Labute approximate surface area is 79.6 Å². The molecule has 1 aliphatic rings. The van der Waals surface area contributed by atoms with E-state index >= 15 is 0 Å². The van der Waals surface area contributed by atoms with Gasteiger partial charge in [-0.25, -0.2) is 0 Å². The summed E-state index contributed by atoms with van der Waals surface area (Å²) in [5.74, 6) is 0. The number of likely N-dealkylation sites (N-methyl/N-ethyl adjacent to an activating group) is 1. The summed E-state index contributed by atoms with van der Waals surface area (Å²) < 4.78 is 0. The Bertz CT molecular complexity index is 271. The zero-order chi connectivity index (χ0) is 9.26. The van der Waals surface area contributed by atoms with Crippen molar-refractivity contribution in [2.24, 2.45) is 0 Å². The molecular weight excluding hydrogens is 160 g/mol. The highest BCUT2D eigenvalue weighted by Crippen LogP contribution is 2.23. The summed E-state index contributed by atoms with van der Waals surface area (Å²) in [4.78, 5) is 2.33. The summed E-state index contributed by atoms with van der Waals surface area (Å²) in [5.41, 5.74) is 1.39. The van der Waals surface area contributed by atoms with E-state index in [1.54, 1.807) is 0 Å². The topological polar surface area (TPSA) is 15.3 Å². The lowest BCUT2D eigenvalue weighted by Gasteiger charge is -2.19. The molecule has 1 saturated heterocycles. The average molecular weight is 176 g/mol. The highest BCUT2D eigenvalue weighted by molar-refractivity contribution is 5.21.